The number of hydrogen-bond acceptors (Lipinski definition) is 5. The molecule has 0 spiro atoms. The Balaban J connectivity index is 0. The Bertz CT molecular complexity index is 620. The largest absolute Gasteiger partial charge is 0.472 e. The van der Waals surface area contributed by atoms with Crippen molar-refractivity contribution in [3.63, 3.8) is 0 Å². The van der Waals surface area contributed by atoms with Crippen LogP contribution in [0.3, 0.4) is 0 Å². The van der Waals surface area contributed by atoms with Gasteiger partial charge in [-0.15, -0.1) is 0 Å². The first-order valence-corrected chi connectivity index (χ1v) is 20.4. The van der Waals surface area contributed by atoms with Gasteiger partial charge in [0.25, 0.3) is 0 Å². The first-order chi connectivity index (χ1) is 20.0. The van der Waals surface area contributed by atoms with Crippen molar-refractivity contribution in [3.05, 3.63) is 0 Å². The highest BCUT2D eigenvalue weighted by molar-refractivity contribution is 7.47. The van der Waals surface area contributed by atoms with Crippen LogP contribution >= 0.6 is 15.6 Å². The van der Waals surface area contributed by atoms with Crippen LogP contribution in [0, 0.1) is 11.8 Å². The van der Waals surface area contributed by atoms with Gasteiger partial charge in [0, 0.05) is 0 Å². The van der Waals surface area contributed by atoms with E-state index in [0.29, 0.717) is 25.0 Å². The van der Waals surface area contributed by atoms with Crippen molar-refractivity contribution in [2.45, 2.75) is 176 Å². The monoisotopic (exact) mass is 644 g/mol. The summed E-state index contributed by atoms with van der Waals surface area (Å²) in [5, 5.41) is 0. The molecule has 0 saturated heterocycles. The maximum Gasteiger partial charge on any atom is 0.472 e. The van der Waals surface area contributed by atoms with Gasteiger partial charge >= 0.3 is 15.6 Å². The van der Waals surface area contributed by atoms with Crippen molar-refractivity contribution in [1.82, 2.24) is 0 Å². The van der Waals surface area contributed by atoms with Crippen LogP contribution in [0.15, 0.2) is 0 Å². The van der Waals surface area contributed by atoms with E-state index in [9.17, 15) is 14.0 Å². The van der Waals surface area contributed by atoms with Gasteiger partial charge in [0.05, 0.1) is 19.8 Å². The molecule has 0 fully saturated rings. The van der Waals surface area contributed by atoms with Crippen LogP contribution in [-0.4, -0.2) is 34.5 Å². The highest BCUT2D eigenvalue weighted by atomic mass is 31.2. The van der Waals surface area contributed by atoms with Gasteiger partial charge in [0.15, 0.2) is 0 Å². The van der Waals surface area contributed by atoms with E-state index in [1.165, 1.54) is 70.6 Å². The molecular formula is C32H70O8P2. The zero-order valence-corrected chi connectivity index (χ0v) is 29.9. The van der Waals surface area contributed by atoms with Crippen molar-refractivity contribution in [1.29, 1.82) is 0 Å². The van der Waals surface area contributed by atoms with Crippen molar-refractivity contribution >= 4 is 15.6 Å². The van der Waals surface area contributed by atoms with Gasteiger partial charge in [-0.25, -0.2) is 9.13 Å². The molecule has 0 aromatic rings. The number of unbranched alkanes of at least 4 members (excludes halogenated alkanes) is 15. The topological polar surface area (TPSA) is 123 Å². The van der Waals surface area contributed by atoms with Crippen molar-refractivity contribution in [3.8, 4) is 0 Å². The zero-order chi connectivity index (χ0) is 32.0. The first kappa shape index (κ1) is 44.3. The Labute approximate surface area is 260 Å². The lowest BCUT2D eigenvalue weighted by molar-refractivity contribution is 0.110. The third-order valence-corrected chi connectivity index (χ3v) is 9.26. The van der Waals surface area contributed by atoms with Crippen molar-refractivity contribution in [2.75, 3.05) is 19.8 Å². The average Bonchev–Trinajstić information content (AvgIpc) is 2.95. The summed E-state index contributed by atoms with van der Waals surface area (Å²) in [4.78, 5) is 26.8. The third-order valence-electron chi connectivity index (χ3n) is 7.79. The van der Waals surface area contributed by atoms with Crippen LogP contribution in [0.1, 0.15) is 176 Å². The van der Waals surface area contributed by atoms with E-state index in [1.807, 2.05) is 0 Å². The zero-order valence-electron chi connectivity index (χ0n) is 28.1. The Morgan fingerprint density at radius 3 is 1.12 bits per heavy atom. The molecule has 0 aliphatic carbocycles. The van der Waals surface area contributed by atoms with E-state index in [2.05, 4.69) is 39.1 Å². The van der Waals surface area contributed by atoms with E-state index >= 15 is 0 Å². The summed E-state index contributed by atoms with van der Waals surface area (Å²) in [6, 6.07) is 0. The number of phosphoric ester groups is 2. The molecule has 0 aliphatic rings. The molecule has 0 rings (SSSR count). The van der Waals surface area contributed by atoms with E-state index in [1.54, 1.807) is 0 Å². The summed E-state index contributed by atoms with van der Waals surface area (Å²) in [5.41, 5.74) is 0. The van der Waals surface area contributed by atoms with Crippen molar-refractivity contribution < 1.29 is 37.4 Å². The summed E-state index contributed by atoms with van der Waals surface area (Å²) in [7, 11) is -8.14. The molecule has 0 aromatic carbocycles. The lowest BCUT2D eigenvalue weighted by Gasteiger charge is -2.20. The highest BCUT2D eigenvalue weighted by Gasteiger charge is 2.24. The number of phosphoric acid groups is 2. The van der Waals surface area contributed by atoms with Gasteiger partial charge in [-0.1, -0.05) is 157 Å². The summed E-state index contributed by atoms with van der Waals surface area (Å²) in [6.07, 6.45) is 26.3. The molecule has 8 nitrogen and oxygen atoms in total. The van der Waals surface area contributed by atoms with Crippen LogP contribution in [0.25, 0.3) is 0 Å². The van der Waals surface area contributed by atoms with Crippen molar-refractivity contribution in [2.24, 2.45) is 11.8 Å². The molecule has 0 bridgehead atoms. The predicted molar refractivity (Wildman–Crippen MR) is 177 cm³/mol. The SMILES string of the molecule is CCCCC(CC)COP(=O)(O)OCC(CC)CCCC.CCCCCCCCCCCCCCCCOP(=O)(O)O. The van der Waals surface area contributed by atoms with Crippen LogP contribution in [0.5, 0.6) is 0 Å². The molecule has 2 atom stereocenters. The average molecular weight is 645 g/mol. The fraction of sp³-hybridized carbons (Fsp3) is 1.00. The molecular weight excluding hydrogens is 574 g/mol. The quantitative estimate of drug-likeness (QED) is 0.0521. The maximum atomic E-state index is 11.9. The van der Waals surface area contributed by atoms with Gasteiger partial charge in [-0.3, -0.25) is 13.6 Å². The molecule has 3 N–H and O–H groups in total. The standard InChI is InChI=1S/2C16H35O4P/c1-5-9-11-15(7-3)13-19-21(17,18)20-14-16(8-4)12-10-6-2;1-2-3-4-5-6-7-8-9-10-11-12-13-14-15-16-20-21(17,18)19/h15-16H,5-14H2,1-4H3,(H,17,18);2-16H2,1H3,(H2,17,18,19). The van der Waals surface area contributed by atoms with Crippen LogP contribution in [0.4, 0.5) is 0 Å². The predicted octanol–water partition coefficient (Wildman–Crippen LogP) is 11.1. The van der Waals surface area contributed by atoms with Gasteiger partial charge in [0.2, 0.25) is 0 Å². The summed E-state index contributed by atoms with van der Waals surface area (Å²) in [5.74, 6) is 0.687. The number of rotatable bonds is 30. The Kier molecular flexibility index (Phi) is 33.0. The molecule has 2 unspecified atom stereocenters. The molecule has 0 heterocycles. The van der Waals surface area contributed by atoms with Crippen LogP contribution < -0.4 is 0 Å². The Hall–Kier alpha value is 0.220. The number of hydrogen-bond donors (Lipinski definition) is 3. The van der Waals surface area contributed by atoms with Gasteiger partial charge in [0.1, 0.15) is 0 Å². The van der Waals surface area contributed by atoms with Crippen LogP contribution in [-0.2, 0) is 22.7 Å². The second kappa shape index (κ2) is 31.2. The molecule has 42 heavy (non-hydrogen) atoms. The second-order valence-electron chi connectivity index (χ2n) is 11.8. The van der Waals surface area contributed by atoms with E-state index < -0.39 is 15.6 Å². The smallest absolute Gasteiger partial charge is 0.303 e. The maximum absolute atomic E-state index is 11.9. The minimum atomic E-state index is -4.25. The molecule has 0 radical (unpaired) electrons. The molecule has 0 amide bonds. The summed E-state index contributed by atoms with van der Waals surface area (Å²) in [6.45, 7) is 11.5. The van der Waals surface area contributed by atoms with Crippen LogP contribution in [0.2, 0.25) is 0 Å². The highest BCUT2D eigenvalue weighted by Crippen LogP contribution is 2.44. The van der Waals surface area contributed by atoms with Gasteiger partial charge < -0.3 is 14.7 Å². The van der Waals surface area contributed by atoms with E-state index in [-0.39, 0.29) is 6.61 Å². The normalized spacial score (nSPS) is 14.7. The van der Waals surface area contributed by atoms with Gasteiger partial charge in [-0.2, -0.15) is 0 Å². The van der Waals surface area contributed by atoms with E-state index in [4.69, 9.17) is 18.8 Å². The molecule has 0 saturated carbocycles. The minimum Gasteiger partial charge on any atom is -0.303 e. The second-order valence-corrected chi connectivity index (χ2v) is 14.5. The third kappa shape index (κ3) is 34.7. The fourth-order valence-corrected chi connectivity index (χ4v) is 5.95. The molecule has 0 aliphatic heterocycles. The Morgan fingerprint density at radius 1 is 0.476 bits per heavy atom. The molecule has 256 valence electrons. The lowest BCUT2D eigenvalue weighted by atomic mass is 10.0. The van der Waals surface area contributed by atoms with Gasteiger partial charge in [-0.05, 0) is 31.1 Å². The van der Waals surface area contributed by atoms with E-state index in [0.717, 1.165) is 70.6 Å². The lowest BCUT2D eigenvalue weighted by Crippen LogP contribution is -2.12. The Morgan fingerprint density at radius 2 is 0.810 bits per heavy atom. The summed E-state index contributed by atoms with van der Waals surface area (Å²) >= 11 is 0. The minimum absolute atomic E-state index is 0.169. The fourth-order valence-electron chi connectivity index (χ4n) is 4.71. The molecule has 0 aromatic heterocycles. The summed E-state index contributed by atoms with van der Waals surface area (Å²) < 4.78 is 37.1. The molecule has 10 heteroatoms. The first-order valence-electron chi connectivity index (χ1n) is 17.4.